The molecule has 1 nitrogen and oxygen atoms in total. The highest BCUT2D eigenvalue weighted by Crippen LogP contribution is 2.16. The van der Waals surface area contributed by atoms with E-state index in [0.717, 1.165) is 23.9 Å². The second-order valence-electron chi connectivity index (χ2n) is 2.85. The lowest BCUT2D eigenvalue weighted by molar-refractivity contribution is 0.508. The number of nitrogens with zero attached hydrogens (tertiary/aromatic N) is 1. The summed E-state index contributed by atoms with van der Waals surface area (Å²) >= 11 is 3.23. The van der Waals surface area contributed by atoms with Crippen molar-refractivity contribution in [1.82, 2.24) is 0 Å². The highest BCUT2D eigenvalue weighted by molar-refractivity contribution is 9.09. The first kappa shape index (κ1) is 11.9. The number of nitriles is 1. The predicted octanol–water partition coefficient (Wildman–Crippen LogP) is 3.63. The van der Waals surface area contributed by atoms with Crippen molar-refractivity contribution in [1.29, 1.82) is 5.26 Å². The Morgan fingerprint density at radius 3 is 2.60 bits per heavy atom. The van der Waals surface area contributed by atoms with Gasteiger partial charge in [-0.15, -0.1) is 0 Å². The minimum atomic E-state index is -0.996. The molecule has 78 valence electrons. The molecule has 0 unspecified atom stereocenters. The maximum absolute atomic E-state index is 12.9. The van der Waals surface area contributed by atoms with Gasteiger partial charge in [0.2, 0.25) is 0 Å². The van der Waals surface area contributed by atoms with Gasteiger partial charge in [0, 0.05) is 5.33 Å². The summed E-state index contributed by atoms with van der Waals surface area (Å²) in [6.07, 6.45) is 4.18. The van der Waals surface area contributed by atoms with Crippen LogP contribution in [0.15, 0.2) is 18.2 Å². The zero-order valence-corrected chi connectivity index (χ0v) is 9.39. The van der Waals surface area contributed by atoms with Gasteiger partial charge in [0.25, 0.3) is 0 Å². The summed E-state index contributed by atoms with van der Waals surface area (Å²) in [6.45, 7) is 0. The quantitative estimate of drug-likeness (QED) is 0.771. The van der Waals surface area contributed by atoms with E-state index < -0.39 is 11.6 Å². The van der Waals surface area contributed by atoms with Gasteiger partial charge in [-0.1, -0.05) is 28.1 Å². The Hall–Kier alpha value is -1.21. The van der Waals surface area contributed by atoms with E-state index in [9.17, 15) is 8.78 Å². The molecule has 0 bridgehead atoms. The average molecular weight is 272 g/mol. The van der Waals surface area contributed by atoms with E-state index in [-0.39, 0.29) is 5.56 Å². The van der Waals surface area contributed by atoms with Gasteiger partial charge in [0.1, 0.15) is 0 Å². The zero-order chi connectivity index (χ0) is 11.3. The molecule has 0 aliphatic carbocycles. The summed E-state index contributed by atoms with van der Waals surface area (Å²) in [6, 6.07) is 3.75. The number of allylic oxidation sites excluding steroid dienone is 1. The highest BCUT2D eigenvalue weighted by Gasteiger charge is 2.06. The maximum Gasteiger partial charge on any atom is 0.160 e. The Labute approximate surface area is 95.2 Å². The van der Waals surface area contributed by atoms with Crippen molar-refractivity contribution in [2.24, 2.45) is 0 Å². The number of rotatable bonds is 3. The van der Waals surface area contributed by atoms with Crippen molar-refractivity contribution in [3.05, 3.63) is 41.0 Å². The Morgan fingerprint density at radius 1 is 1.33 bits per heavy atom. The van der Waals surface area contributed by atoms with Crippen LogP contribution in [0.1, 0.15) is 17.5 Å². The first-order valence-corrected chi connectivity index (χ1v) is 5.43. The first-order valence-electron chi connectivity index (χ1n) is 4.30. The van der Waals surface area contributed by atoms with E-state index in [1.165, 1.54) is 0 Å². The van der Waals surface area contributed by atoms with Crippen molar-refractivity contribution >= 4 is 22.0 Å². The molecule has 0 heterocycles. The van der Waals surface area contributed by atoms with Gasteiger partial charge in [-0.2, -0.15) is 5.26 Å². The lowest BCUT2D eigenvalue weighted by atomic mass is 10.1. The topological polar surface area (TPSA) is 23.8 Å². The second-order valence-corrected chi connectivity index (χ2v) is 3.64. The maximum atomic E-state index is 12.9. The lowest BCUT2D eigenvalue weighted by Crippen LogP contribution is -1.90. The number of benzene rings is 1. The number of hydrogen-bond donors (Lipinski definition) is 0. The van der Waals surface area contributed by atoms with E-state index in [4.69, 9.17) is 5.26 Å². The SMILES string of the molecule is N#Cc1cc(F)c(F)cc1C=CCCBr. The molecular weight excluding hydrogens is 264 g/mol. The molecular formula is C11H8BrF2N. The number of hydrogen-bond acceptors (Lipinski definition) is 1. The van der Waals surface area contributed by atoms with Crippen LogP contribution >= 0.6 is 15.9 Å². The van der Waals surface area contributed by atoms with Gasteiger partial charge >= 0.3 is 0 Å². The monoisotopic (exact) mass is 271 g/mol. The fourth-order valence-corrected chi connectivity index (χ4v) is 1.33. The molecule has 0 spiro atoms. The molecule has 4 heteroatoms. The van der Waals surface area contributed by atoms with Crippen LogP contribution in [0.5, 0.6) is 0 Å². The molecule has 15 heavy (non-hydrogen) atoms. The van der Waals surface area contributed by atoms with Crippen LogP contribution in [-0.2, 0) is 0 Å². The van der Waals surface area contributed by atoms with Gasteiger partial charge < -0.3 is 0 Å². The fraction of sp³-hybridized carbons (Fsp3) is 0.182. The minimum absolute atomic E-state index is 0.139. The van der Waals surface area contributed by atoms with Crippen LogP contribution in [0.25, 0.3) is 6.08 Å². The van der Waals surface area contributed by atoms with Crippen molar-refractivity contribution < 1.29 is 8.78 Å². The fourth-order valence-electron chi connectivity index (χ4n) is 1.07. The molecule has 0 fully saturated rings. The van der Waals surface area contributed by atoms with E-state index in [1.807, 2.05) is 6.07 Å². The van der Waals surface area contributed by atoms with Crippen molar-refractivity contribution in [2.75, 3.05) is 5.33 Å². The van der Waals surface area contributed by atoms with E-state index >= 15 is 0 Å². The third-order valence-electron chi connectivity index (χ3n) is 1.79. The summed E-state index contributed by atoms with van der Waals surface area (Å²) in [5.41, 5.74) is 0.539. The zero-order valence-electron chi connectivity index (χ0n) is 7.80. The van der Waals surface area contributed by atoms with Crippen molar-refractivity contribution in [2.45, 2.75) is 6.42 Å². The molecule has 0 radical (unpaired) electrons. The molecule has 0 N–H and O–H groups in total. The summed E-state index contributed by atoms with van der Waals surface area (Å²) in [7, 11) is 0. The normalized spacial score (nSPS) is 10.5. The van der Waals surface area contributed by atoms with Crippen LogP contribution in [0.2, 0.25) is 0 Å². The molecule has 0 saturated carbocycles. The molecule has 0 amide bonds. The molecule has 0 atom stereocenters. The summed E-state index contributed by atoms with van der Waals surface area (Å²) in [5.74, 6) is -1.93. The molecule has 0 aliphatic heterocycles. The summed E-state index contributed by atoms with van der Waals surface area (Å²) in [5, 5.41) is 9.49. The molecule has 0 aromatic heterocycles. The Kier molecular flexibility index (Phi) is 4.44. The van der Waals surface area contributed by atoms with Crippen LogP contribution in [0, 0.1) is 23.0 Å². The van der Waals surface area contributed by atoms with Gasteiger partial charge in [0.05, 0.1) is 11.6 Å². The Bertz CT molecular complexity index is 421. The summed E-state index contributed by atoms with van der Waals surface area (Å²) < 4.78 is 25.7. The minimum Gasteiger partial charge on any atom is -0.204 e. The average Bonchev–Trinajstić information content (AvgIpc) is 2.23. The molecule has 1 aromatic carbocycles. The van der Waals surface area contributed by atoms with Crippen LogP contribution < -0.4 is 0 Å². The predicted molar refractivity (Wildman–Crippen MR) is 58.5 cm³/mol. The first-order chi connectivity index (χ1) is 7.19. The lowest BCUT2D eigenvalue weighted by Gasteiger charge is -1.99. The van der Waals surface area contributed by atoms with Gasteiger partial charge in [0.15, 0.2) is 11.6 Å². The molecule has 1 aromatic rings. The van der Waals surface area contributed by atoms with E-state index in [0.29, 0.717) is 5.56 Å². The highest BCUT2D eigenvalue weighted by atomic mass is 79.9. The number of halogens is 3. The van der Waals surface area contributed by atoms with E-state index in [1.54, 1.807) is 12.2 Å². The standard InChI is InChI=1S/C11H8BrF2N/c12-4-2-1-3-8-5-10(13)11(14)6-9(8)7-15/h1,3,5-6H,2,4H2. The third-order valence-corrected chi connectivity index (χ3v) is 2.24. The van der Waals surface area contributed by atoms with E-state index in [2.05, 4.69) is 15.9 Å². The smallest absolute Gasteiger partial charge is 0.160 e. The van der Waals surface area contributed by atoms with Crippen LogP contribution in [0.4, 0.5) is 8.78 Å². The van der Waals surface area contributed by atoms with Crippen LogP contribution in [0.3, 0.4) is 0 Å². The number of alkyl halides is 1. The van der Waals surface area contributed by atoms with Crippen molar-refractivity contribution in [3.63, 3.8) is 0 Å². The Balaban J connectivity index is 3.06. The van der Waals surface area contributed by atoms with Gasteiger partial charge in [-0.05, 0) is 24.1 Å². The third kappa shape index (κ3) is 3.14. The van der Waals surface area contributed by atoms with Crippen molar-refractivity contribution in [3.8, 4) is 6.07 Å². The second kappa shape index (κ2) is 5.62. The molecule has 1 rings (SSSR count). The summed E-state index contributed by atoms with van der Waals surface area (Å²) in [4.78, 5) is 0. The Morgan fingerprint density at radius 2 is 2.00 bits per heavy atom. The molecule has 0 saturated heterocycles. The van der Waals surface area contributed by atoms with Gasteiger partial charge in [-0.25, -0.2) is 8.78 Å². The van der Waals surface area contributed by atoms with Crippen LogP contribution in [-0.4, -0.2) is 5.33 Å². The van der Waals surface area contributed by atoms with Gasteiger partial charge in [-0.3, -0.25) is 0 Å². The molecule has 0 aliphatic rings. The largest absolute Gasteiger partial charge is 0.204 e.